The molecular formula is C23H23N3O5. The molecule has 3 N–H and O–H groups in total. The topological polar surface area (TPSA) is 122 Å². The summed E-state index contributed by atoms with van der Waals surface area (Å²) in [4.78, 5) is 34.8. The first-order valence-corrected chi connectivity index (χ1v) is 9.79. The Hall–Kier alpha value is -3.94. The molecule has 3 aromatic rings. The van der Waals surface area contributed by atoms with E-state index in [1.165, 1.54) is 0 Å². The second-order valence-electron chi connectivity index (χ2n) is 7.37. The summed E-state index contributed by atoms with van der Waals surface area (Å²) in [6.07, 6.45) is 2.84. The van der Waals surface area contributed by atoms with Gasteiger partial charge in [-0.2, -0.15) is 9.78 Å². The third-order valence-corrected chi connectivity index (χ3v) is 4.97. The number of nitrogens with zero attached hydrogens (tertiary/aromatic N) is 2. The van der Waals surface area contributed by atoms with Crippen LogP contribution in [0.1, 0.15) is 29.3 Å². The smallest absolute Gasteiger partial charge is 0.342 e. The van der Waals surface area contributed by atoms with Crippen molar-refractivity contribution in [1.82, 2.24) is 15.1 Å². The predicted octanol–water partition coefficient (Wildman–Crippen LogP) is 3.53. The number of hydrogen-bond donors (Lipinski definition) is 3. The number of carbonyl (C=O) groups excluding carboxylic acids is 1. The molecule has 1 aromatic heterocycles. The summed E-state index contributed by atoms with van der Waals surface area (Å²) < 4.78 is 0.903. The molecule has 0 radical (unpaired) electrons. The monoisotopic (exact) mass is 421 g/mol. The zero-order valence-corrected chi connectivity index (χ0v) is 16.9. The van der Waals surface area contributed by atoms with E-state index >= 15 is 0 Å². The van der Waals surface area contributed by atoms with Gasteiger partial charge in [-0.1, -0.05) is 61.5 Å². The van der Waals surface area contributed by atoms with Crippen LogP contribution in [0.2, 0.25) is 0 Å². The van der Waals surface area contributed by atoms with Crippen molar-refractivity contribution in [1.29, 1.82) is 0 Å². The molecule has 0 aliphatic carbocycles. The number of carbonyl (C=O) groups is 3. The SMILES string of the molecule is CC(CC(Cc1ccc(-c2ccccc2)cc1)NC(=O)n1cc(C(=O)O)cn1)C(=O)O. The molecule has 160 valence electrons. The number of benzene rings is 2. The number of carboxylic acids is 2. The maximum absolute atomic E-state index is 12.5. The minimum atomic E-state index is -1.19. The molecule has 0 spiro atoms. The zero-order valence-electron chi connectivity index (χ0n) is 16.9. The van der Waals surface area contributed by atoms with Crippen LogP contribution >= 0.6 is 0 Å². The van der Waals surface area contributed by atoms with Gasteiger partial charge in [0.15, 0.2) is 0 Å². The summed E-state index contributed by atoms with van der Waals surface area (Å²) in [5.41, 5.74) is 2.98. The first-order valence-electron chi connectivity index (χ1n) is 9.79. The summed E-state index contributed by atoms with van der Waals surface area (Å²) in [5.74, 6) is -2.80. The Morgan fingerprint density at radius 1 is 1.00 bits per heavy atom. The van der Waals surface area contributed by atoms with Crippen LogP contribution in [0, 0.1) is 5.92 Å². The molecular weight excluding hydrogens is 398 g/mol. The van der Waals surface area contributed by atoms with E-state index in [4.69, 9.17) is 5.11 Å². The fraction of sp³-hybridized carbons (Fsp3) is 0.217. The number of aromatic nitrogens is 2. The lowest BCUT2D eigenvalue weighted by atomic mass is 9.95. The van der Waals surface area contributed by atoms with Gasteiger partial charge < -0.3 is 15.5 Å². The number of carboxylic acid groups (broad SMARTS) is 2. The van der Waals surface area contributed by atoms with Crippen molar-refractivity contribution in [3.8, 4) is 11.1 Å². The second kappa shape index (κ2) is 9.71. The van der Waals surface area contributed by atoms with Gasteiger partial charge in [-0.3, -0.25) is 4.79 Å². The molecule has 0 saturated carbocycles. The molecule has 1 heterocycles. The van der Waals surface area contributed by atoms with Crippen LogP contribution in [0.25, 0.3) is 11.1 Å². The van der Waals surface area contributed by atoms with E-state index in [0.717, 1.165) is 33.8 Å². The Bertz CT molecular complexity index is 1060. The molecule has 2 unspecified atom stereocenters. The average molecular weight is 421 g/mol. The van der Waals surface area contributed by atoms with Gasteiger partial charge in [0, 0.05) is 6.04 Å². The van der Waals surface area contributed by atoms with Crippen LogP contribution in [-0.4, -0.2) is 44.0 Å². The summed E-state index contributed by atoms with van der Waals surface area (Å²) in [6.45, 7) is 1.58. The highest BCUT2D eigenvalue weighted by Gasteiger charge is 2.22. The van der Waals surface area contributed by atoms with E-state index < -0.39 is 29.9 Å². The molecule has 0 bridgehead atoms. The van der Waals surface area contributed by atoms with Crippen LogP contribution < -0.4 is 5.32 Å². The molecule has 8 nitrogen and oxygen atoms in total. The maximum Gasteiger partial charge on any atom is 0.342 e. The highest BCUT2D eigenvalue weighted by Crippen LogP contribution is 2.20. The number of amides is 1. The van der Waals surface area contributed by atoms with E-state index in [1.54, 1.807) is 6.92 Å². The molecule has 0 fully saturated rings. The number of aliphatic carboxylic acids is 1. The van der Waals surface area contributed by atoms with Crippen LogP contribution in [0.15, 0.2) is 67.0 Å². The number of aromatic carboxylic acids is 1. The van der Waals surface area contributed by atoms with Crippen molar-refractivity contribution in [2.24, 2.45) is 5.92 Å². The van der Waals surface area contributed by atoms with Gasteiger partial charge >= 0.3 is 18.0 Å². The minimum absolute atomic E-state index is 0.109. The largest absolute Gasteiger partial charge is 0.481 e. The van der Waals surface area contributed by atoms with Crippen molar-refractivity contribution < 1.29 is 24.6 Å². The van der Waals surface area contributed by atoms with Gasteiger partial charge in [0.25, 0.3) is 0 Å². The summed E-state index contributed by atoms with van der Waals surface area (Å²) in [7, 11) is 0. The molecule has 2 atom stereocenters. The lowest BCUT2D eigenvalue weighted by Crippen LogP contribution is -2.41. The van der Waals surface area contributed by atoms with Crippen molar-refractivity contribution in [2.75, 3.05) is 0 Å². The quantitative estimate of drug-likeness (QED) is 0.512. The number of hydrogen-bond acceptors (Lipinski definition) is 4. The molecule has 2 aromatic carbocycles. The van der Waals surface area contributed by atoms with Gasteiger partial charge in [-0.15, -0.1) is 0 Å². The van der Waals surface area contributed by atoms with E-state index in [-0.39, 0.29) is 12.0 Å². The van der Waals surface area contributed by atoms with Gasteiger partial charge in [0.1, 0.15) is 0 Å². The Morgan fingerprint density at radius 3 is 2.23 bits per heavy atom. The molecule has 8 heteroatoms. The Balaban J connectivity index is 1.74. The minimum Gasteiger partial charge on any atom is -0.481 e. The first-order chi connectivity index (χ1) is 14.8. The molecule has 3 rings (SSSR count). The Kier molecular flexibility index (Phi) is 6.81. The lowest BCUT2D eigenvalue weighted by molar-refractivity contribution is -0.141. The normalized spacial score (nSPS) is 12.7. The fourth-order valence-electron chi connectivity index (χ4n) is 3.25. The second-order valence-corrected chi connectivity index (χ2v) is 7.37. The third-order valence-electron chi connectivity index (χ3n) is 4.97. The molecule has 0 saturated heterocycles. The molecule has 0 aliphatic heterocycles. The van der Waals surface area contributed by atoms with E-state index in [1.807, 2.05) is 54.6 Å². The van der Waals surface area contributed by atoms with Crippen LogP contribution in [0.5, 0.6) is 0 Å². The summed E-state index contributed by atoms with van der Waals surface area (Å²) >= 11 is 0. The van der Waals surface area contributed by atoms with Gasteiger partial charge in [0.2, 0.25) is 0 Å². The van der Waals surface area contributed by atoms with Crippen molar-refractivity contribution in [2.45, 2.75) is 25.8 Å². The lowest BCUT2D eigenvalue weighted by Gasteiger charge is -2.21. The van der Waals surface area contributed by atoms with Crippen LogP contribution in [-0.2, 0) is 11.2 Å². The number of nitrogens with one attached hydrogen (secondary N) is 1. The van der Waals surface area contributed by atoms with E-state index in [0.29, 0.717) is 6.42 Å². The van der Waals surface area contributed by atoms with Crippen molar-refractivity contribution in [3.05, 3.63) is 78.1 Å². The van der Waals surface area contributed by atoms with Gasteiger partial charge in [-0.05, 0) is 29.5 Å². The Labute approximate surface area is 179 Å². The third kappa shape index (κ3) is 5.79. The Morgan fingerprint density at radius 2 is 1.65 bits per heavy atom. The van der Waals surface area contributed by atoms with Crippen LogP contribution in [0.3, 0.4) is 0 Å². The van der Waals surface area contributed by atoms with E-state index in [9.17, 15) is 19.5 Å². The first kappa shape index (κ1) is 21.8. The van der Waals surface area contributed by atoms with Gasteiger partial charge in [-0.25, -0.2) is 9.59 Å². The predicted molar refractivity (Wildman–Crippen MR) is 114 cm³/mol. The van der Waals surface area contributed by atoms with Gasteiger partial charge in [0.05, 0.1) is 23.9 Å². The molecule has 0 aliphatic rings. The highest BCUT2D eigenvalue weighted by atomic mass is 16.4. The van der Waals surface area contributed by atoms with Crippen LogP contribution in [0.4, 0.5) is 4.79 Å². The molecule has 1 amide bonds. The highest BCUT2D eigenvalue weighted by molar-refractivity contribution is 5.88. The summed E-state index contributed by atoms with van der Waals surface area (Å²) in [5, 5.41) is 24.8. The maximum atomic E-state index is 12.5. The summed E-state index contributed by atoms with van der Waals surface area (Å²) in [6, 6.07) is 16.7. The zero-order chi connectivity index (χ0) is 22.4. The average Bonchev–Trinajstić information content (AvgIpc) is 3.25. The molecule has 31 heavy (non-hydrogen) atoms. The fourth-order valence-corrected chi connectivity index (χ4v) is 3.25. The standard InChI is InChI=1S/C23H23N3O5/c1-15(21(27)28)11-20(25-23(31)26-14-19(13-24-26)22(29)30)12-16-7-9-18(10-8-16)17-5-3-2-4-6-17/h2-10,13-15,20H,11-12H2,1H3,(H,25,31)(H,27,28)(H,29,30). The van der Waals surface area contributed by atoms with Crippen molar-refractivity contribution in [3.63, 3.8) is 0 Å². The number of rotatable bonds is 8. The van der Waals surface area contributed by atoms with Crippen molar-refractivity contribution >= 4 is 18.0 Å². The van der Waals surface area contributed by atoms with E-state index in [2.05, 4.69) is 10.4 Å².